The van der Waals surface area contributed by atoms with Crippen LogP contribution in [-0.4, -0.2) is 22.7 Å². The number of nitrogens with one attached hydrogen (secondary N) is 1. The lowest BCUT2D eigenvalue weighted by atomic mass is 10.1. The van der Waals surface area contributed by atoms with Crippen LogP contribution in [0.1, 0.15) is 24.2 Å². The second-order valence-electron chi connectivity index (χ2n) is 7.45. The third kappa shape index (κ3) is 4.34. The smallest absolute Gasteiger partial charge is 0.276 e. The summed E-state index contributed by atoms with van der Waals surface area (Å²) >= 11 is 7.72. The third-order valence-electron chi connectivity index (χ3n) is 5.33. The molecule has 0 spiro atoms. The van der Waals surface area contributed by atoms with Crippen LogP contribution >= 0.6 is 23.4 Å². The number of carbonyl (C=O) groups is 1. The number of hydrogen-bond acceptors (Lipinski definition) is 6. The minimum Gasteiger partial charge on any atom is -0.494 e. The minimum absolute atomic E-state index is 0.204. The van der Waals surface area contributed by atoms with E-state index >= 15 is 0 Å². The second-order valence-corrected chi connectivity index (χ2v) is 8.83. The Hall–Kier alpha value is -3.29. The lowest BCUT2D eigenvalue weighted by molar-refractivity contribution is -0.116. The molecule has 1 amide bonds. The molecule has 0 bridgehead atoms. The maximum absolute atomic E-state index is 13.2. The van der Waals surface area contributed by atoms with Gasteiger partial charge < -0.3 is 4.74 Å². The van der Waals surface area contributed by atoms with E-state index in [1.807, 2.05) is 79.7 Å². The standard InChI is InChI=1S/C25H21ClN4O2S/c1-2-32-18-13-11-16(12-14-18)23-27-21-10-6-4-8-19(21)22-24(31)28-25(29-30(22)23)33-15-17-7-3-5-9-20(17)26/h3-14,23H,2,15H2,1H3,(H,28,29,31). The van der Waals surface area contributed by atoms with Crippen molar-refractivity contribution in [3.8, 4) is 5.75 Å². The number of thioether (sulfide) groups is 1. The topological polar surface area (TPSA) is 66.3 Å². The van der Waals surface area contributed by atoms with Crippen molar-refractivity contribution in [3.63, 3.8) is 0 Å². The molecule has 0 saturated carbocycles. The quantitative estimate of drug-likeness (QED) is 0.608. The Labute approximate surface area is 200 Å². The van der Waals surface area contributed by atoms with Gasteiger partial charge in [-0.1, -0.05) is 71.9 Å². The lowest BCUT2D eigenvalue weighted by Gasteiger charge is -2.34. The maximum Gasteiger partial charge on any atom is 0.276 e. The molecule has 0 fully saturated rings. The first-order valence-corrected chi connectivity index (χ1v) is 12.0. The molecule has 5 rings (SSSR count). The van der Waals surface area contributed by atoms with Gasteiger partial charge in [0.05, 0.1) is 12.0 Å². The molecule has 1 unspecified atom stereocenters. The first-order chi connectivity index (χ1) is 16.1. The number of nitrogens with zero attached hydrogens (tertiary/aromatic N) is 3. The van der Waals surface area contributed by atoms with Crippen molar-refractivity contribution < 1.29 is 9.53 Å². The molecule has 166 valence electrons. The van der Waals surface area contributed by atoms with E-state index in [9.17, 15) is 4.79 Å². The number of hydrazone groups is 1. The van der Waals surface area contributed by atoms with Crippen LogP contribution in [0.15, 0.2) is 82.9 Å². The van der Waals surface area contributed by atoms with Crippen LogP contribution in [0.4, 0.5) is 0 Å². The molecular weight excluding hydrogens is 456 g/mol. The molecule has 8 heteroatoms. The van der Waals surface area contributed by atoms with Gasteiger partial charge in [-0.2, -0.15) is 0 Å². The van der Waals surface area contributed by atoms with Crippen LogP contribution < -0.4 is 20.6 Å². The fourth-order valence-electron chi connectivity index (χ4n) is 3.77. The Kier molecular flexibility index (Phi) is 6.07. The largest absolute Gasteiger partial charge is 0.494 e. The fraction of sp³-hybridized carbons (Fsp3) is 0.160. The van der Waals surface area contributed by atoms with E-state index in [1.165, 1.54) is 11.8 Å². The van der Waals surface area contributed by atoms with Crippen molar-refractivity contribution in [1.29, 1.82) is 0 Å². The molecule has 2 aliphatic rings. The highest BCUT2D eigenvalue weighted by Crippen LogP contribution is 2.32. The summed E-state index contributed by atoms with van der Waals surface area (Å²) in [6.45, 7) is 2.55. The molecule has 3 aromatic rings. The van der Waals surface area contributed by atoms with Crippen molar-refractivity contribution in [2.24, 2.45) is 10.1 Å². The highest BCUT2D eigenvalue weighted by atomic mass is 35.5. The molecule has 1 atom stereocenters. The molecule has 6 nitrogen and oxygen atoms in total. The van der Waals surface area contributed by atoms with Gasteiger partial charge in [-0.25, -0.2) is 5.01 Å². The summed E-state index contributed by atoms with van der Waals surface area (Å²) in [5.41, 5.74) is 2.38. The fourth-order valence-corrected chi connectivity index (χ4v) is 4.91. The average Bonchev–Trinajstić information content (AvgIpc) is 2.83. The van der Waals surface area contributed by atoms with E-state index in [1.54, 1.807) is 5.01 Å². The normalized spacial score (nSPS) is 16.8. The summed E-state index contributed by atoms with van der Waals surface area (Å²) in [4.78, 5) is 18.1. The van der Waals surface area contributed by atoms with E-state index in [-0.39, 0.29) is 5.91 Å². The van der Waals surface area contributed by atoms with E-state index in [2.05, 4.69) is 5.32 Å². The summed E-state index contributed by atoms with van der Waals surface area (Å²) in [6, 6.07) is 23.0. The molecule has 0 saturated heterocycles. The van der Waals surface area contributed by atoms with E-state index in [0.717, 1.165) is 27.5 Å². The zero-order chi connectivity index (χ0) is 22.8. The van der Waals surface area contributed by atoms with Gasteiger partial charge in [0.2, 0.25) is 0 Å². The molecular formula is C25H21ClN4O2S. The predicted octanol–water partition coefficient (Wildman–Crippen LogP) is 3.82. The van der Waals surface area contributed by atoms with Gasteiger partial charge in [0.25, 0.3) is 5.91 Å². The van der Waals surface area contributed by atoms with Crippen molar-refractivity contribution in [2.75, 3.05) is 6.61 Å². The summed E-state index contributed by atoms with van der Waals surface area (Å²) in [5.74, 6) is 1.17. The monoisotopic (exact) mass is 476 g/mol. The molecule has 2 heterocycles. The van der Waals surface area contributed by atoms with Crippen molar-refractivity contribution >= 4 is 40.1 Å². The number of ether oxygens (including phenoxy) is 1. The zero-order valence-electron chi connectivity index (χ0n) is 17.9. The van der Waals surface area contributed by atoms with Crippen molar-refractivity contribution in [1.82, 2.24) is 10.3 Å². The van der Waals surface area contributed by atoms with Gasteiger partial charge in [0.15, 0.2) is 11.3 Å². The minimum atomic E-state index is -0.465. The SMILES string of the molecule is CCOc1ccc(C2N=c3ccccc3=C3C(=O)NC(SCc4ccccc4Cl)=NN32)cc1. The van der Waals surface area contributed by atoms with Gasteiger partial charge in [0, 0.05) is 16.0 Å². The number of rotatable bonds is 5. The first kappa shape index (κ1) is 21.6. The Balaban J connectivity index is 1.53. The molecule has 3 aromatic carbocycles. The number of fused-ring (bicyclic) bond motifs is 2. The highest BCUT2D eigenvalue weighted by Gasteiger charge is 2.34. The Morgan fingerprint density at radius 2 is 1.82 bits per heavy atom. The number of amidine groups is 1. The number of benzene rings is 3. The van der Waals surface area contributed by atoms with Gasteiger partial charge >= 0.3 is 0 Å². The van der Waals surface area contributed by atoms with Crippen LogP contribution in [0.3, 0.4) is 0 Å². The van der Waals surface area contributed by atoms with Gasteiger partial charge in [-0.15, -0.1) is 5.10 Å². The summed E-state index contributed by atoms with van der Waals surface area (Å²) < 4.78 is 5.57. The maximum atomic E-state index is 13.2. The van der Waals surface area contributed by atoms with E-state index in [4.69, 9.17) is 26.4 Å². The molecule has 0 radical (unpaired) electrons. The Morgan fingerprint density at radius 3 is 2.61 bits per heavy atom. The lowest BCUT2D eigenvalue weighted by Crippen LogP contribution is -2.50. The number of hydrogen-bond donors (Lipinski definition) is 1. The van der Waals surface area contributed by atoms with Crippen LogP contribution in [0.25, 0.3) is 5.70 Å². The van der Waals surface area contributed by atoms with Gasteiger partial charge in [-0.05, 0) is 42.3 Å². The van der Waals surface area contributed by atoms with Crippen LogP contribution in [0, 0.1) is 0 Å². The number of para-hydroxylation sites is 1. The summed E-state index contributed by atoms with van der Waals surface area (Å²) in [5, 5.41) is 12.2. The van der Waals surface area contributed by atoms with Crippen LogP contribution in [0.2, 0.25) is 5.02 Å². The summed E-state index contributed by atoms with van der Waals surface area (Å²) in [7, 11) is 0. The zero-order valence-corrected chi connectivity index (χ0v) is 19.4. The second kappa shape index (κ2) is 9.29. The Bertz CT molecular complexity index is 1360. The molecule has 0 aromatic heterocycles. The van der Waals surface area contributed by atoms with Crippen molar-refractivity contribution in [3.05, 3.63) is 99.5 Å². The van der Waals surface area contributed by atoms with E-state index < -0.39 is 6.17 Å². The molecule has 2 aliphatic heterocycles. The van der Waals surface area contributed by atoms with Crippen LogP contribution in [-0.2, 0) is 10.5 Å². The first-order valence-electron chi connectivity index (χ1n) is 10.6. The average molecular weight is 477 g/mol. The van der Waals surface area contributed by atoms with Crippen LogP contribution in [0.5, 0.6) is 5.75 Å². The Morgan fingerprint density at radius 1 is 1.06 bits per heavy atom. The number of halogens is 1. The number of carbonyl (C=O) groups excluding carboxylic acids is 1. The van der Waals surface area contributed by atoms with E-state index in [0.29, 0.717) is 28.2 Å². The third-order valence-corrected chi connectivity index (χ3v) is 6.61. The number of amides is 1. The van der Waals surface area contributed by atoms with Gasteiger partial charge in [-0.3, -0.25) is 15.1 Å². The highest BCUT2D eigenvalue weighted by molar-refractivity contribution is 8.13. The predicted molar refractivity (Wildman–Crippen MR) is 131 cm³/mol. The molecule has 0 aliphatic carbocycles. The molecule has 1 N–H and O–H groups in total. The molecule has 33 heavy (non-hydrogen) atoms. The summed E-state index contributed by atoms with van der Waals surface area (Å²) in [6.07, 6.45) is -0.465. The van der Waals surface area contributed by atoms with Crippen molar-refractivity contribution in [2.45, 2.75) is 18.8 Å². The van der Waals surface area contributed by atoms with Gasteiger partial charge in [0.1, 0.15) is 11.4 Å².